The zero-order valence-electron chi connectivity index (χ0n) is 26.8. The predicted molar refractivity (Wildman–Crippen MR) is 179 cm³/mol. The van der Waals surface area contributed by atoms with Crippen molar-refractivity contribution in [1.29, 1.82) is 0 Å². The van der Waals surface area contributed by atoms with Crippen LogP contribution in [-0.4, -0.2) is 46.3 Å². The Morgan fingerprint density at radius 3 is 2.24 bits per heavy atom. The zero-order chi connectivity index (χ0) is 33.0. The molecule has 0 radical (unpaired) electrons. The monoisotopic (exact) mass is 678 g/mol. The minimum atomic E-state index is -4.19. The van der Waals surface area contributed by atoms with Crippen LogP contribution in [0.1, 0.15) is 88.1 Å². The molecule has 1 amide bonds. The first kappa shape index (κ1) is 33.2. The molecule has 7 nitrogen and oxygen atoms in total. The maximum Gasteiger partial charge on any atom is 0.391 e. The van der Waals surface area contributed by atoms with Crippen LogP contribution < -0.4 is 20.9 Å². The number of carbonyl (C=O) groups excluding carboxylic acids is 1. The molecule has 1 saturated carbocycles. The van der Waals surface area contributed by atoms with E-state index in [0.29, 0.717) is 64.2 Å². The Kier molecular flexibility index (Phi) is 9.19. The number of aromatic nitrogens is 2. The minimum absolute atomic E-state index is 0.0326. The first-order valence-electron chi connectivity index (χ1n) is 16.3. The summed E-state index contributed by atoms with van der Waals surface area (Å²) in [6.45, 7) is 7.91. The van der Waals surface area contributed by atoms with Crippen molar-refractivity contribution in [3.05, 3.63) is 45.4 Å². The third-order valence-electron chi connectivity index (χ3n) is 9.88. The van der Waals surface area contributed by atoms with E-state index < -0.39 is 12.1 Å². The van der Waals surface area contributed by atoms with Gasteiger partial charge in [-0.15, -0.1) is 0 Å². The molecule has 2 aliphatic heterocycles. The van der Waals surface area contributed by atoms with Crippen LogP contribution in [0.2, 0.25) is 10.0 Å². The number of benzene rings is 2. The van der Waals surface area contributed by atoms with Crippen molar-refractivity contribution in [1.82, 2.24) is 20.2 Å². The highest BCUT2D eigenvalue weighted by Gasteiger charge is 2.43. The number of imidazole rings is 1. The average molecular weight is 680 g/mol. The lowest BCUT2D eigenvalue weighted by Gasteiger charge is -2.31. The topological polar surface area (TPSA) is 74.2 Å². The largest absolute Gasteiger partial charge is 0.391 e. The van der Waals surface area contributed by atoms with E-state index in [9.17, 15) is 18.0 Å². The molecule has 3 aromatic rings. The lowest BCUT2D eigenvalue weighted by atomic mass is 9.85. The van der Waals surface area contributed by atoms with Crippen molar-refractivity contribution < 1.29 is 18.0 Å². The van der Waals surface area contributed by atoms with Crippen molar-refractivity contribution in [3.8, 4) is 0 Å². The van der Waals surface area contributed by atoms with Gasteiger partial charge in [0.25, 0.3) is 5.91 Å². The fraction of sp³-hybridized carbons (Fsp3) is 0.588. The van der Waals surface area contributed by atoms with Gasteiger partial charge in [0.2, 0.25) is 5.95 Å². The number of amides is 1. The molecule has 3 N–H and O–H groups in total. The third kappa shape index (κ3) is 6.81. The van der Waals surface area contributed by atoms with Gasteiger partial charge < -0.3 is 25.4 Å². The Labute approximate surface area is 278 Å². The number of hydrogen-bond acceptors (Lipinski definition) is 5. The Bertz CT molecular complexity index is 1590. The van der Waals surface area contributed by atoms with Gasteiger partial charge in [-0.25, -0.2) is 4.98 Å². The lowest BCUT2D eigenvalue weighted by Crippen LogP contribution is -2.41. The summed E-state index contributed by atoms with van der Waals surface area (Å²) in [5.41, 5.74) is 4.44. The van der Waals surface area contributed by atoms with E-state index in [2.05, 4.69) is 41.6 Å². The number of hydrogen-bond donors (Lipinski definition) is 3. The molecule has 3 heterocycles. The highest BCUT2D eigenvalue weighted by atomic mass is 35.5. The molecule has 1 aromatic heterocycles. The number of halogens is 5. The number of aryl methyl sites for hydroxylation is 1. The molecule has 3 fully saturated rings. The molecule has 46 heavy (non-hydrogen) atoms. The highest BCUT2D eigenvalue weighted by Crippen LogP contribution is 2.44. The maximum atomic E-state index is 13.9. The van der Waals surface area contributed by atoms with Crippen molar-refractivity contribution in [3.63, 3.8) is 0 Å². The summed E-state index contributed by atoms with van der Waals surface area (Å²) in [5, 5.41) is 10.8. The molecule has 2 bridgehead atoms. The van der Waals surface area contributed by atoms with Gasteiger partial charge in [0.15, 0.2) is 0 Å². The molecule has 12 heteroatoms. The number of fused-ring (bicyclic) bond motifs is 3. The summed E-state index contributed by atoms with van der Waals surface area (Å²) in [4.78, 5) is 21.1. The predicted octanol–water partition coefficient (Wildman–Crippen LogP) is 8.74. The standard InChI is InChI=1S/C34H43Cl2F3N6O/c1-33(2,3)18-40-17-19-5-14-25(35)30(29(19)36)43-32-42-26-15-24(31(46)41-21-8-6-20(7-9-21)34(37,38)39)27(16-28(26)44(32)4)45-22-10-11-23(45)13-12-22/h5,14-16,20-23,40H,6-13,17-18H2,1-4H3,(H,41,46)(H,42,43). The number of alkyl halides is 3. The van der Waals surface area contributed by atoms with Gasteiger partial charge in [0, 0.05) is 38.3 Å². The van der Waals surface area contributed by atoms with Crippen molar-refractivity contribution >= 4 is 57.5 Å². The first-order chi connectivity index (χ1) is 21.7. The van der Waals surface area contributed by atoms with E-state index in [1.54, 1.807) is 0 Å². The van der Waals surface area contributed by atoms with Crippen LogP contribution in [0.15, 0.2) is 24.3 Å². The van der Waals surface area contributed by atoms with E-state index in [1.807, 2.05) is 35.9 Å². The number of carbonyl (C=O) groups is 1. The van der Waals surface area contributed by atoms with E-state index in [4.69, 9.17) is 28.2 Å². The fourth-order valence-corrected chi connectivity index (χ4v) is 7.93. The zero-order valence-corrected chi connectivity index (χ0v) is 28.3. The summed E-state index contributed by atoms with van der Waals surface area (Å²) in [6, 6.07) is 8.04. The fourth-order valence-electron chi connectivity index (χ4n) is 7.40. The van der Waals surface area contributed by atoms with Gasteiger partial charge in [-0.1, -0.05) is 50.0 Å². The maximum absolute atomic E-state index is 13.9. The van der Waals surface area contributed by atoms with Crippen LogP contribution in [0.3, 0.4) is 0 Å². The molecule has 250 valence electrons. The Balaban J connectivity index is 1.29. The van der Waals surface area contributed by atoms with Crippen LogP contribution in [0.25, 0.3) is 11.0 Å². The minimum Gasteiger partial charge on any atom is -0.365 e. The van der Waals surface area contributed by atoms with Gasteiger partial charge in [0.1, 0.15) is 0 Å². The molecule has 0 unspecified atom stereocenters. The number of rotatable bonds is 8. The van der Waals surface area contributed by atoms with Gasteiger partial charge in [-0.3, -0.25) is 4.79 Å². The summed E-state index contributed by atoms with van der Waals surface area (Å²) < 4.78 is 41.7. The molecule has 0 spiro atoms. The SMILES string of the molecule is Cn1c(Nc2c(Cl)ccc(CNCC(C)(C)C)c2Cl)nc2cc(C(=O)NC3CCC(C(F)(F)F)CC3)c(N3C4CCC3CC4)cc21. The van der Waals surface area contributed by atoms with Crippen molar-refractivity contribution in [2.24, 2.45) is 18.4 Å². The van der Waals surface area contributed by atoms with Crippen LogP contribution in [0, 0.1) is 11.3 Å². The van der Waals surface area contributed by atoms with Crippen molar-refractivity contribution in [2.45, 2.75) is 103 Å². The summed E-state index contributed by atoms with van der Waals surface area (Å²) in [7, 11) is 1.91. The van der Waals surface area contributed by atoms with E-state index in [-0.39, 0.29) is 30.2 Å². The molecule has 3 aliphatic rings. The summed E-state index contributed by atoms with van der Waals surface area (Å²) >= 11 is 13.5. The van der Waals surface area contributed by atoms with Gasteiger partial charge >= 0.3 is 6.18 Å². The second-order valence-electron chi connectivity index (χ2n) is 14.5. The smallest absolute Gasteiger partial charge is 0.365 e. The van der Waals surface area contributed by atoms with Crippen LogP contribution in [0.4, 0.5) is 30.5 Å². The second kappa shape index (κ2) is 12.7. The van der Waals surface area contributed by atoms with Gasteiger partial charge in [-0.05, 0) is 80.5 Å². The summed E-state index contributed by atoms with van der Waals surface area (Å²) in [5.74, 6) is -1.04. The first-order valence-corrected chi connectivity index (χ1v) is 17.1. The normalized spacial score (nSPS) is 23.4. The Morgan fingerprint density at radius 1 is 0.978 bits per heavy atom. The van der Waals surface area contributed by atoms with E-state index in [0.717, 1.165) is 49.0 Å². The highest BCUT2D eigenvalue weighted by molar-refractivity contribution is 6.39. The Morgan fingerprint density at radius 2 is 1.63 bits per heavy atom. The number of nitrogens with zero attached hydrogens (tertiary/aromatic N) is 3. The summed E-state index contributed by atoms with van der Waals surface area (Å²) in [6.07, 6.45) is 0.839. The number of anilines is 3. The number of nitrogens with one attached hydrogen (secondary N) is 3. The molecule has 2 saturated heterocycles. The third-order valence-corrected chi connectivity index (χ3v) is 10.6. The molecule has 6 rings (SSSR count). The molecule has 1 aliphatic carbocycles. The van der Waals surface area contributed by atoms with E-state index in [1.165, 1.54) is 0 Å². The molecular weight excluding hydrogens is 636 g/mol. The second-order valence-corrected chi connectivity index (χ2v) is 15.3. The van der Waals surface area contributed by atoms with Crippen LogP contribution >= 0.6 is 23.2 Å². The van der Waals surface area contributed by atoms with Crippen molar-refractivity contribution in [2.75, 3.05) is 16.8 Å². The van der Waals surface area contributed by atoms with Gasteiger partial charge in [-0.2, -0.15) is 13.2 Å². The Hall–Kier alpha value is -2.69. The van der Waals surface area contributed by atoms with Crippen LogP contribution in [-0.2, 0) is 13.6 Å². The van der Waals surface area contributed by atoms with E-state index >= 15 is 0 Å². The quantitative estimate of drug-likeness (QED) is 0.222. The molecule has 0 atom stereocenters. The van der Waals surface area contributed by atoms with Crippen LogP contribution in [0.5, 0.6) is 0 Å². The lowest BCUT2D eigenvalue weighted by molar-refractivity contribution is -0.182. The molecular formula is C34H43Cl2F3N6O. The van der Waals surface area contributed by atoms with Gasteiger partial charge in [0.05, 0.1) is 43.9 Å². The molecule has 2 aromatic carbocycles. The average Bonchev–Trinajstić information content (AvgIpc) is 3.67.